The lowest BCUT2D eigenvalue weighted by Crippen LogP contribution is -2.01. The first-order valence-corrected chi connectivity index (χ1v) is 36.5. The zero-order valence-corrected chi connectivity index (χ0v) is 58.4. The van der Waals surface area contributed by atoms with Crippen molar-refractivity contribution >= 4 is 86.7 Å². The second-order valence-electron chi connectivity index (χ2n) is 27.7. The average Bonchev–Trinajstić information content (AvgIpc) is 1.57. The summed E-state index contributed by atoms with van der Waals surface area (Å²) in [5.41, 5.74) is 21.3. The van der Waals surface area contributed by atoms with Crippen LogP contribution in [0.25, 0.3) is 211 Å². The third-order valence-electron chi connectivity index (χ3n) is 21.4. The first kappa shape index (κ1) is 62.0. The highest BCUT2D eigenvalue weighted by atomic mass is 15.0. The molecule has 17 aromatic carbocycles. The Morgan fingerprint density at radius 3 is 1.04 bits per heavy atom. The minimum absolute atomic E-state index is 0.600. The summed E-state index contributed by atoms with van der Waals surface area (Å²) in [6.07, 6.45) is 0. The lowest BCUT2D eigenvalue weighted by atomic mass is 9.91. The van der Waals surface area contributed by atoms with Gasteiger partial charge in [0.25, 0.3) is 0 Å². The molecule has 0 bridgehead atoms. The summed E-state index contributed by atoms with van der Waals surface area (Å²) in [7, 11) is 0. The molecule has 0 aliphatic rings. The molecule has 4 heterocycles. The first-order valence-electron chi connectivity index (χ1n) is 36.5. The normalized spacial score (nSPS) is 11.7. The van der Waals surface area contributed by atoms with Gasteiger partial charge < -0.3 is 9.13 Å². The van der Waals surface area contributed by atoms with Gasteiger partial charge in [-0.05, 0) is 160 Å². The standard InChI is InChI=1S/C100H62N8/c1-4-19-68(20-5-1)81-56-57-84(100-105-96(72-24-8-3-9-25-72)102-98(106-100)74-40-34-65(35-41-74)66-44-51-79(52-45-66)107-89-30-16-14-28-85(89)93-82-27-13-12-21-69(82)49-58-91(93)107)83-55-48-77(62-88(81)83)76-42-37-70-50-59-92-94(87(70)61-76)86-29-15-17-31-90(86)108(92)80-53-46-67(47-54-80)64-32-38-73(39-33-64)97-101-95(71-22-6-2-7-23-71)103-99(104-97)78-43-36-63-18-10-11-26-75(63)60-78/h1-62H. The highest BCUT2D eigenvalue weighted by Gasteiger charge is 2.22. The zero-order valence-electron chi connectivity index (χ0n) is 58.4. The maximum Gasteiger partial charge on any atom is 0.164 e. The van der Waals surface area contributed by atoms with Crippen LogP contribution in [0.15, 0.2) is 376 Å². The van der Waals surface area contributed by atoms with E-state index in [2.05, 4.69) is 337 Å². The number of nitrogens with zero attached hydrogens (tertiary/aromatic N) is 8. The Morgan fingerprint density at radius 1 is 0.157 bits per heavy atom. The van der Waals surface area contributed by atoms with E-state index in [1.807, 2.05) is 48.5 Å². The minimum Gasteiger partial charge on any atom is -0.309 e. The molecule has 21 rings (SSSR count). The summed E-state index contributed by atoms with van der Waals surface area (Å²) in [6, 6.07) is 134. The van der Waals surface area contributed by atoms with Crippen LogP contribution in [0.3, 0.4) is 0 Å². The number of hydrogen-bond donors (Lipinski definition) is 0. The highest BCUT2D eigenvalue weighted by molar-refractivity contribution is 6.23. The summed E-state index contributed by atoms with van der Waals surface area (Å²) in [5, 5.41) is 14.2. The monoisotopic (exact) mass is 1370 g/mol. The van der Waals surface area contributed by atoms with E-state index in [9.17, 15) is 0 Å². The van der Waals surface area contributed by atoms with Crippen LogP contribution in [0.4, 0.5) is 0 Å². The Kier molecular flexibility index (Phi) is 14.7. The number of para-hydroxylation sites is 2. The van der Waals surface area contributed by atoms with Crippen LogP contribution in [-0.4, -0.2) is 39.0 Å². The topological polar surface area (TPSA) is 87.2 Å². The van der Waals surface area contributed by atoms with Gasteiger partial charge >= 0.3 is 0 Å². The highest BCUT2D eigenvalue weighted by Crippen LogP contribution is 2.44. The molecule has 0 unspecified atom stereocenters. The SMILES string of the molecule is c1ccc(-c2nc(-c3ccc(-c4ccc(-n5c6ccccc6c6c7cc(-c8ccc9c(-c%10nc(-c%11ccccc%11)nc(-c%11ccc(-c%12ccc(-n%13c%14ccccc%14c%14c%15ccccc%15ccc%14%13)cc%12)cc%11)n%10)ccc(-c%10ccccc%10)c9c8)ccc7ccc65)cc4)cc3)nc(-c3ccc4ccccc4c3)n2)cc1. The average molecular weight is 1380 g/mol. The van der Waals surface area contributed by atoms with Crippen LogP contribution in [0, 0.1) is 0 Å². The number of rotatable bonds is 12. The molecule has 4 aromatic heterocycles. The van der Waals surface area contributed by atoms with Crippen molar-refractivity contribution in [3.05, 3.63) is 376 Å². The van der Waals surface area contributed by atoms with Gasteiger partial charge in [-0.15, -0.1) is 0 Å². The fourth-order valence-electron chi connectivity index (χ4n) is 16.1. The van der Waals surface area contributed by atoms with Crippen LogP contribution in [0.1, 0.15) is 0 Å². The fourth-order valence-corrected chi connectivity index (χ4v) is 16.1. The summed E-state index contributed by atoms with van der Waals surface area (Å²) < 4.78 is 4.80. The Balaban J connectivity index is 0.610. The third-order valence-corrected chi connectivity index (χ3v) is 21.4. The van der Waals surface area contributed by atoms with E-state index >= 15 is 0 Å². The number of hydrogen-bond acceptors (Lipinski definition) is 6. The van der Waals surface area contributed by atoms with Crippen LogP contribution >= 0.6 is 0 Å². The maximum atomic E-state index is 5.38. The molecular formula is C100H62N8. The van der Waals surface area contributed by atoms with Crippen molar-refractivity contribution in [3.63, 3.8) is 0 Å². The Bertz CT molecular complexity index is 7110. The minimum atomic E-state index is 0.600. The lowest BCUT2D eigenvalue weighted by Gasteiger charge is -2.15. The molecule has 0 radical (unpaired) electrons. The molecule has 0 N–H and O–H groups in total. The Morgan fingerprint density at radius 2 is 0.500 bits per heavy atom. The molecule has 0 spiro atoms. The molecule has 108 heavy (non-hydrogen) atoms. The summed E-state index contributed by atoms with van der Waals surface area (Å²) >= 11 is 0. The van der Waals surface area contributed by atoms with Crippen molar-refractivity contribution < 1.29 is 0 Å². The third kappa shape index (κ3) is 10.8. The molecule has 0 saturated carbocycles. The molecule has 8 nitrogen and oxygen atoms in total. The van der Waals surface area contributed by atoms with Gasteiger partial charge in [0.15, 0.2) is 34.9 Å². The first-order chi connectivity index (χ1) is 53.5. The van der Waals surface area contributed by atoms with E-state index in [4.69, 9.17) is 29.9 Å². The summed E-state index contributed by atoms with van der Waals surface area (Å²) in [6.45, 7) is 0. The lowest BCUT2D eigenvalue weighted by molar-refractivity contribution is 1.07. The molecule has 0 amide bonds. The van der Waals surface area contributed by atoms with Gasteiger partial charge in [-0.2, -0.15) is 0 Å². The quantitative estimate of drug-likeness (QED) is 0.121. The smallest absolute Gasteiger partial charge is 0.164 e. The predicted octanol–water partition coefficient (Wildman–Crippen LogP) is 25.5. The van der Waals surface area contributed by atoms with E-state index in [0.717, 1.165) is 116 Å². The molecule has 502 valence electrons. The van der Waals surface area contributed by atoms with E-state index in [0.29, 0.717) is 34.9 Å². The molecule has 0 fully saturated rings. The Labute approximate surface area is 622 Å². The number of benzene rings is 17. The van der Waals surface area contributed by atoms with Gasteiger partial charge in [-0.1, -0.05) is 303 Å². The molecule has 0 aliphatic carbocycles. The van der Waals surface area contributed by atoms with Gasteiger partial charge in [0.05, 0.1) is 22.1 Å². The van der Waals surface area contributed by atoms with Gasteiger partial charge in [-0.25, -0.2) is 29.9 Å². The molecule has 8 heteroatoms. The number of aromatic nitrogens is 8. The molecule has 0 aliphatic heterocycles. The van der Waals surface area contributed by atoms with Crippen molar-refractivity contribution in [3.8, 4) is 124 Å². The van der Waals surface area contributed by atoms with Crippen LogP contribution < -0.4 is 0 Å². The van der Waals surface area contributed by atoms with Crippen LogP contribution in [-0.2, 0) is 0 Å². The van der Waals surface area contributed by atoms with E-state index in [1.165, 1.54) is 59.5 Å². The second-order valence-corrected chi connectivity index (χ2v) is 27.7. The van der Waals surface area contributed by atoms with Gasteiger partial charge in [0.2, 0.25) is 0 Å². The van der Waals surface area contributed by atoms with Gasteiger partial charge in [-0.3, -0.25) is 0 Å². The predicted molar refractivity (Wildman–Crippen MR) is 446 cm³/mol. The van der Waals surface area contributed by atoms with Crippen molar-refractivity contribution in [2.75, 3.05) is 0 Å². The molecular weight excluding hydrogens is 1310 g/mol. The van der Waals surface area contributed by atoms with Crippen molar-refractivity contribution in [2.45, 2.75) is 0 Å². The van der Waals surface area contributed by atoms with Crippen molar-refractivity contribution in [1.29, 1.82) is 0 Å². The second kappa shape index (κ2) is 25.7. The Hall–Kier alpha value is -14.6. The van der Waals surface area contributed by atoms with E-state index in [1.54, 1.807) is 0 Å². The van der Waals surface area contributed by atoms with Gasteiger partial charge in [0, 0.05) is 66.3 Å². The van der Waals surface area contributed by atoms with E-state index in [-0.39, 0.29) is 0 Å². The summed E-state index contributed by atoms with van der Waals surface area (Å²) in [5.74, 6) is 3.70. The van der Waals surface area contributed by atoms with Crippen LogP contribution in [0.2, 0.25) is 0 Å². The fraction of sp³-hybridized carbons (Fsp3) is 0. The van der Waals surface area contributed by atoms with Crippen molar-refractivity contribution in [1.82, 2.24) is 39.0 Å². The molecule has 0 atom stereocenters. The largest absolute Gasteiger partial charge is 0.309 e. The zero-order chi connectivity index (χ0) is 71.2. The van der Waals surface area contributed by atoms with E-state index < -0.39 is 0 Å². The van der Waals surface area contributed by atoms with Crippen molar-refractivity contribution in [2.24, 2.45) is 0 Å². The maximum absolute atomic E-state index is 5.38. The summed E-state index contributed by atoms with van der Waals surface area (Å²) in [4.78, 5) is 31.0. The number of fused-ring (bicyclic) bond motifs is 12. The van der Waals surface area contributed by atoms with Crippen LogP contribution in [0.5, 0.6) is 0 Å². The molecule has 21 aromatic rings. The van der Waals surface area contributed by atoms with Gasteiger partial charge in [0.1, 0.15) is 0 Å². The molecule has 0 saturated heterocycles.